The Morgan fingerprint density at radius 2 is 2.07 bits per heavy atom. The van der Waals surface area contributed by atoms with E-state index in [1.807, 2.05) is 25.2 Å². The molecule has 0 unspecified atom stereocenters. The van der Waals surface area contributed by atoms with E-state index in [9.17, 15) is 0 Å². The van der Waals surface area contributed by atoms with Crippen LogP contribution in [-0.2, 0) is 7.05 Å². The first-order chi connectivity index (χ1) is 7.08. The molecule has 0 amide bonds. The minimum Gasteiger partial charge on any atom is -0.384 e. The van der Waals surface area contributed by atoms with Crippen molar-refractivity contribution in [2.45, 2.75) is 6.92 Å². The zero-order chi connectivity index (χ0) is 11.0. The Morgan fingerprint density at radius 1 is 1.33 bits per heavy atom. The third-order valence-electron chi connectivity index (χ3n) is 2.37. The fourth-order valence-corrected chi connectivity index (χ4v) is 1.67. The van der Waals surface area contributed by atoms with Gasteiger partial charge in [-0.15, -0.1) is 0 Å². The van der Waals surface area contributed by atoms with Gasteiger partial charge in [0.25, 0.3) is 0 Å². The maximum absolute atomic E-state index is 5.74. The Kier molecular flexibility index (Phi) is 2.52. The molecule has 4 heteroatoms. The normalized spacial score (nSPS) is 10.6. The first-order valence-corrected chi connectivity index (χ1v) is 5.43. The predicted octanol–water partition coefficient (Wildman–Crippen LogP) is 2.74. The van der Waals surface area contributed by atoms with Gasteiger partial charge in [0.15, 0.2) is 0 Å². The lowest BCUT2D eigenvalue weighted by Crippen LogP contribution is -1.96. The van der Waals surface area contributed by atoms with E-state index in [2.05, 4.69) is 34.0 Å². The molecular formula is C11H12BrN3. The molecule has 0 radical (unpaired) electrons. The van der Waals surface area contributed by atoms with E-state index in [0.29, 0.717) is 5.82 Å². The van der Waals surface area contributed by atoms with Crippen LogP contribution >= 0.6 is 15.9 Å². The number of benzene rings is 1. The number of hydrogen-bond acceptors (Lipinski definition) is 2. The van der Waals surface area contributed by atoms with Gasteiger partial charge in [-0.05, 0) is 24.6 Å². The van der Waals surface area contributed by atoms with E-state index in [4.69, 9.17) is 5.73 Å². The Morgan fingerprint density at radius 3 is 2.60 bits per heavy atom. The summed E-state index contributed by atoms with van der Waals surface area (Å²) in [5, 5.41) is 4.33. The molecule has 1 heterocycles. The lowest BCUT2D eigenvalue weighted by molar-refractivity contribution is 0.782. The second kappa shape index (κ2) is 3.70. The van der Waals surface area contributed by atoms with Gasteiger partial charge in [0.2, 0.25) is 0 Å². The van der Waals surface area contributed by atoms with Crippen LogP contribution in [0, 0.1) is 6.92 Å². The van der Waals surface area contributed by atoms with Gasteiger partial charge in [-0.3, -0.25) is 4.68 Å². The molecule has 0 bridgehead atoms. The second-order valence-electron chi connectivity index (χ2n) is 3.54. The third-order valence-corrected chi connectivity index (χ3v) is 3.26. The zero-order valence-corrected chi connectivity index (χ0v) is 10.2. The molecule has 2 aromatic rings. The summed E-state index contributed by atoms with van der Waals surface area (Å²) in [6, 6.07) is 8.02. The van der Waals surface area contributed by atoms with Crippen molar-refractivity contribution in [3.8, 4) is 11.3 Å². The number of rotatable bonds is 1. The Balaban J connectivity index is 2.49. The Hall–Kier alpha value is -1.29. The van der Waals surface area contributed by atoms with E-state index in [1.165, 1.54) is 5.56 Å². The highest BCUT2D eigenvalue weighted by molar-refractivity contribution is 9.10. The first-order valence-electron chi connectivity index (χ1n) is 4.64. The molecule has 0 aliphatic heterocycles. The SMILES string of the molecule is Cc1cc(-c2cc(N)n(C)n2)ccc1Br. The third kappa shape index (κ3) is 1.90. The van der Waals surface area contributed by atoms with Crippen LogP contribution in [-0.4, -0.2) is 9.78 Å². The van der Waals surface area contributed by atoms with Crippen molar-refractivity contribution in [2.75, 3.05) is 5.73 Å². The minimum atomic E-state index is 0.672. The molecule has 15 heavy (non-hydrogen) atoms. The molecule has 1 aromatic heterocycles. The van der Waals surface area contributed by atoms with Crippen LogP contribution in [0.1, 0.15) is 5.56 Å². The molecular weight excluding hydrogens is 254 g/mol. The van der Waals surface area contributed by atoms with Crippen LogP contribution in [0.15, 0.2) is 28.7 Å². The lowest BCUT2D eigenvalue weighted by atomic mass is 10.1. The van der Waals surface area contributed by atoms with Gasteiger partial charge in [0.1, 0.15) is 5.82 Å². The summed E-state index contributed by atoms with van der Waals surface area (Å²) in [7, 11) is 1.84. The molecule has 0 saturated heterocycles. The molecule has 1 aromatic carbocycles. The molecule has 2 rings (SSSR count). The highest BCUT2D eigenvalue weighted by Gasteiger charge is 2.05. The largest absolute Gasteiger partial charge is 0.384 e. The fraction of sp³-hybridized carbons (Fsp3) is 0.182. The van der Waals surface area contributed by atoms with Crippen LogP contribution in [0.3, 0.4) is 0 Å². The second-order valence-corrected chi connectivity index (χ2v) is 4.40. The number of halogens is 1. The van der Waals surface area contributed by atoms with Crippen molar-refractivity contribution < 1.29 is 0 Å². The molecule has 3 nitrogen and oxygen atoms in total. The highest BCUT2D eigenvalue weighted by Crippen LogP contribution is 2.24. The van der Waals surface area contributed by atoms with E-state index in [1.54, 1.807) is 4.68 Å². The van der Waals surface area contributed by atoms with Gasteiger partial charge < -0.3 is 5.73 Å². The topological polar surface area (TPSA) is 43.8 Å². The molecule has 0 aliphatic carbocycles. The number of aryl methyl sites for hydroxylation is 2. The van der Waals surface area contributed by atoms with Crippen LogP contribution in [0.4, 0.5) is 5.82 Å². The predicted molar refractivity (Wildman–Crippen MR) is 65.5 cm³/mol. The fourth-order valence-electron chi connectivity index (χ4n) is 1.43. The number of nitrogens with zero attached hydrogens (tertiary/aromatic N) is 2. The maximum atomic E-state index is 5.74. The summed E-state index contributed by atoms with van der Waals surface area (Å²) in [4.78, 5) is 0. The van der Waals surface area contributed by atoms with Crippen molar-refractivity contribution in [3.63, 3.8) is 0 Å². The summed E-state index contributed by atoms with van der Waals surface area (Å²) in [5.41, 5.74) is 8.92. The Bertz CT molecular complexity index is 483. The van der Waals surface area contributed by atoms with Crippen LogP contribution < -0.4 is 5.73 Å². The standard InChI is InChI=1S/C11H12BrN3/c1-7-5-8(3-4-9(7)12)10-6-11(13)15(2)14-10/h3-6H,13H2,1-2H3. The average molecular weight is 266 g/mol. The van der Waals surface area contributed by atoms with Gasteiger partial charge in [-0.1, -0.05) is 22.0 Å². The van der Waals surface area contributed by atoms with Crippen molar-refractivity contribution >= 4 is 21.7 Å². The molecule has 2 N–H and O–H groups in total. The molecule has 0 atom stereocenters. The van der Waals surface area contributed by atoms with Crippen molar-refractivity contribution in [2.24, 2.45) is 7.05 Å². The zero-order valence-electron chi connectivity index (χ0n) is 8.66. The summed E-state index contributed by atoms with van der Waals surface area (Å²) in [6.45, 7) is 2.06. The van der Waals surface area contributed by atoms with E-state index in [-0.39, 0.29) is 0 Å². The van der Waals surface area contributed by atoms with Gasteiger partial charge in [-0.25, -0.2) is 0 Å². The quantitative estimate of drug-likeness (QED) is 0.862. The molecule has 0 fully saturated rings. The van der Waals surface area contributed by atoms with Crippen LogP contribution in [0.5, 0.6) is 0 Å². The van der Waals surface area contributed by atoms with E-state index < -0.39 is 0 Å². The van der Waals surface area contributed by atoms with Crippen molar-refractivity contribution in [3.05, 3.63) is 34.3 Å². The average Bonchev–Trinajstić information content (AvgIpc) is 2.52. The Labute approximate surface area is 97.0 Å². The molecule has 78 valence electrons. The van der Waals surface area contributed by atoms with Gasteiger partial charge >= 0.3 is 0 Å². The van der Waals surface area contributed by atoms with Gasteiger partial charge in [-0.2, -0.15) is 5.10 Å². The number of nitrogens with two attached hydrogens (primary N) is 1. The first kappa shape index (κ1) is 10.2. The minimum absolute atomic E-state index is 0.672. The van der Waals surface area contributed by atoms with E-state index in [0.717, 1.165) is 15.7 Å². The van der Waals surface area contributed by atoms with Gasteiger partial charge in [0.05, 0.1) is 5.69 Å². The smallest absolute Gasteiger partial charge is 0.121 e. The number of hydrogen-bond donors (Lipinski definition) is 1. The highest BCUT2D eigenvalue weighted by atomic mass is 79.9. The number of aromatic nitrogens is 2. The van der Waals surface area contributed by atoms with Gasteiger partial charge in [0, 0.05) is 23.2 Å². The maximum Gasteiger partial charge on any atom is 0.121 e. The molecule has 0 spiro atoms. The summed E-state index contributed by atoms with van der Waals surface area (Å²) >= 11 is 3.47. The summed E-state index contributed by atoms with van der Waals surface area (Å²) in [5.74, 6) is 0.672. The van der Waals surface area contributed by atoms with E-state index >= 15 is 0 Å². The number of nitrogen functional groups attached to an aromatic ring is 1. The van der Waals surface area contributed by atoms with Crippen LogP contribution in [0.25, 0.3) is 11.3 Å². The monoisotopic (exact) mass is 265 g/mol. The van der Waals surface area contributed by atoms with Crippen LogP contribution in [0.2, 0.25) is 0 Å². The van der Waals surface area contributed by atoms with Crippen molar-refractivity contribution in [1.82, 2.24) is 9.78 Å². The molecule has 0 saturated carbocycles. The summed E-state index contributed by atoms with van der Waals surface area (Å²) in [6.07, 6.45) is 0. The number of anilines is 1. The van der Waals surface area contributed by atoms with Crippen molar-refractivity contribution in [1.29, 1.82) is 0 Å². The summed E-state index contributed by atoms with van der Waals surface area (Å²) < 4.78 is 2.78. The lowest BCUT2D eigenvalue weighted by Gasteiger charge is -2.00. The molecule has 0 aliphatic rings.